The summed E-state index contributed by atoms with van der Waals surface area (Å²) in [6.45, 7) is 9.94. The van der Waals surface area contributed by atoms with Gasteiger partial charge in [0.15, 0.2) is 0 Å². The molecule has 0 bridgehead atoms. The number of hydrogen-bond acceptors (Lipinski definition) is 1. The molecule has 2 nitrogen and oxygen atoms in total. The maximum absolute atomic E-state index is 11.8. The Morgan fingerprint density at radius 3 is 2.33 bits per heavy atom. The first-order valence-electron chi connectivity index (χ1n) is 5.96. The van der Waals surface area contributed by atoms with Crippen LogP contribution in [-0.2, 0) is 4.79 Å². The molecule has 0 aliphatic heterocycles. The maximum Gasteiger partial charge on any atom is 0.227 e. The van der Waals surface area contributed by atoms with Crippen LogP contribution in [0.1, 0.15) is 46.5 Å². The second kappa shape index (κ2) is 5.34. The molecule has 0 aromatic rings. The van der Waals surface area contributed by atoms with Crippen molar-refractivity contribution in [3.05, 3.63) is 12.2 Å². The summed E-state index contributed by atoms with van der Waals surface area (Å²) in [6.07, 6.45) is 4.75. The van der Waals surface area contributed by atoms with Crippen molar-refractivity contribution in [3.63, 3.8) is 0 Å². The standard InChI is InChI=1S/C13H23NO/c1-9(2)11(4)13(15)14-12-7-5-10(3)6-8-12/h10-12H,1,5-8H2,2-4H3,(H,14,15). The van der Waals surface area contributed by atoms with Crippen LogP contribution >= 0.6 is 0 Å². The first kappa shape index (κ1) is 12.3. The van der Waals surface area contributed by atoms with Gasteiger partial charge in [-0.1, -0.05) is 19.1 Å². The fourth-order valence-corrected chi connectivity index (χ4v) is 1.95. The van der Waals surface area contributed by atoms with Crippen molar-refractivity contribution in [2.75, 3.05) is 0 Å². The van der Waals surface area contributed by atoms with Gasteiger partial charge in [-0.05, 0) is 45.4 Å². The van der Waals surface area contributed by atoms with Crippen LogP contribution in [0.25, 0.3) is 0 Å². The van der Waals surface area contributed by atoms with E-state index in [0.717, 1.165) is 24.3 Å². The molecule has 1 fully saturated rings. The van der Waals surface area contributed by atoms with Crippen LogP contribution in [0.4, 0.5) is 0 Å². The van der Waals surface area contributed by atoms with E-state index in [4.69, 9.17) is 0 Å². The van der Waals surface area contributed by atoms with E-state index in [1.54, 1.807) is 0 Å². The largest absolute Gasteiger partial charge is 0.353 e. The van der Waals surface area contributed by atoms with E-state index in [1.165, 1.54) is 12.8 Å². The molecule has 2 heteroatoms. The summed E-state index contributed by atoms with van der Waals surface area (Å²) >= 11 is 0. The molecule has 1 saturated carbocycles. The van der Waals surface area contributed by atoms with Crippen LogP contribution in [0.2, 0.25) is 0 Å². The Morgan fingerprint density at radius 2 is 1.87 bits per heavy atom. The molecule has 0 spiro atoms. The number of carbonyl (C=O) groups is 1. The normalized spacial score (nSPS) is 28.2. The molecule has 1 rings (SSSR count). The molecular formula is C13H23NO. The third-order valence-corrected chi connectivity index (χ3v) is 3.49. The highest BCUT2D eigenvalue weighted by Crippen LogP contribution is 2.23. The zero-order chi connectivity index (χ0) is 11.4. The minimum Gasteiger partial charge on any atom is -0.353 e. The number of carbonyl (C=O) groups excluding carboxylic acids is 1. The van der Waals surface area contributed by atoms with Crippen molar-refractivity contribution in [1.82, 2.24) is 5.32 Å². The van der Waals surface area contributed by atoms with Crippen LogP contribution in [0, 0.1) is 11.8 Å². The fraction of sp³-hybridized carbons (Fsp3) is 0.769. The number of hydrogen-bond donors (Lipinski definition) is 1. The lowest BCUT2D eigenvalue weighted by Crippen LogP contribution is -2.40. The van der Waals surface area contributed by atoms with E-state index in [9.17, 15) is 4.79 Å². The van der Waals surface area contributed by atoms with E-state index >= 15 is 0 Å². The second-order valence-electron chi connectivity index (χ2n) is 5.03. The van der Waals surface area contributed by atoms with Crippen LogP contribution in [0.15, 0.2) is 12.2 Å². The lowest BCUT2D eigenvalue weighted by Gasteiger charge is -2.28. The van der Waals surface area contributed by atoms with E-state index < -0.39 is 0 Å². The van der Waals surface area contributed by atoms with Gasteiger partial charge in [0.2, 0.25) is 5.91 Å². The van der Waals surface area contributed by atoms with Crippen molar-refractivity contribution >= 4 is 5.91 Å². The number of nitrogens with one attached hydrogen (secondary N) is 1. The Bertz CT molecular complexity index is 239. The third kappa shape index (κ3) is 3.69. The Kier molecular flexibility index (Phi) is 4.37. The predicted molar refractivity (Wildman–Crippen MR) is 63.5 cm³/mol. The smallest absolute Gasteiger partial charge is 0.227 e. The molecule has 1 N–H and O–H groups in total. The molecule has 0 aromatic carbocycles. The maximum atomic E-state index is 11.8. The Hall–Kier alpha value is -0.790. The third-order valence-electron chi connectivity index (χ3n) is 3.49. The fourth-order valence-electron chi connectivity index (χ4n) is 1.95. The van der Waals surface area contributed by atoms with Gasteiger partial charge in [0.1, 0.15) is 0 Å². The summed E-state index contributed by atoms with van der Waals surface area (Å²) in [5, 5.41) is 3.12. The average Bonchev–Trinajstić information content (AvgIpc) is 2.20. The quantitative estimate of drug-likeness (QED) is 0.711. The molecular weight excluding hydrogens is 186 g/mol. The molecule has 1 aliphatic rings. The number of amides is 1. The zero-order valence-corrected chi connectivity index (χ0v) is 10.2. The van der Waals surface area contributed by atoms with Crippen LogP contribution in [0.3, 0.4) is 0 Å². The molecule has 1 unspecified atom stereocenters. The summed E-state index contributed by atoms with van der Waals surface area (Å²) in [4.78, 5) is 11.8. The van der Waals surface area contributed by atoms with Gasteiger partial charge in [-0.3, -0.25) is 4.79 Å². The van der Waals surface area contributed by atoms with E-state index in [2.05, 4.69) is 18.8 Å². The second-order valence-corrected chi connectivity index (χ2v) is 5.03. The van der Waals surface area contributed by atoms with E-state index in [-0.39, 0.29) is 11.8 Å². The summed E-state index contributed by atoms with van der Waals surface area (Å²) in [5.74, 6) is 0.920. The lowest BCUT2D eigenvalue weighted by molar-refractivity contribution is -0.124. The Morgan fingerprint density at radius 1 is 1.33 bits per heavy atom. The van der Waals surface area contributed by atoms with Crippen molar-refractivity contribution in [2.45, 2.75) is 52.5 Å². The van der Waals surface area contributed by atoms with Crippen LogP contribution in [0.5, 0.6) is 0 Å². The first-order chi connectivity index (χ1) is 7.00. The molecule has 0 aromatic heterocycles. The monoisotopic (exact) mass is 209 g/mol. The summed E-state index contributed by atoms with van der Waals surface area (Å²) in [6, 6.07) is 0.399. The first-order valence-corrected chi connectivity index (χ1v) is 5.96. The van der Waals surface area contributed by atoms with Gasteiger partial charge in [-0.15, -0.1) is 0 Å². The van der Waals surface area contributed by atoms with Gasteiger partial charge < -0.3 is 5.32 Å². The molecule has 0 radical (unpaired) electrons. The highest BCUT2D eigenvalue weighted by Gasteiger charge is 2.22. The van der Waals surface area contributed by atoms with Crippen molar-refractivity contribution in [3.8, 4) is 0 Å². The van der Waals surface area contributed by atoms with Gasteiger partial charge >= 0.3 is 0 Å². The van der Waals surface area contributed by atoms with Gasteiger partial charge in [0.25, 0.3) is 0 Å². The Labute approximate surface area is 93.1 Å². The van der Waals surface area contributed by atoms with Crippen LogP contribution in [-0.4, -0.2) is 11.9 Å². The minimum atomic E-state index is -0.0515. The summed E-state index contributed by atoms with van der Waals surface area (Å²) < 4.78 is 0. The van der Waals surface area contributed by atoms with Crippen LogP contribution < -0.4 is 5.32 Å². The lowest BCUT2D eigenvalue weighted by atomic mass is 9.87. The van der Waals surface area contributed by atoms with Gasteiger partial charge in [-0.2, -0.15) is 0 Å². The molecule has 1 amide bonds. The van der Waals surface area contributed by atoms with E-state index in [0.29, 0.717) is 6.04 Å². The molecule has 86 valence electrons. The highest BCUT2D eigenvalue weighted by atomic mass is 16.1. The topological polar surface area (TPSA) is 29.1 Å². The van der Waals surface area contributed by atoms with Crippen molar-refractivity contribution in [2.24, 2.45) is 11.8 Å². The van der Waals surface area contributed by atoms with Gasteiger partial charge in [-0.25, -0.2) is 0 Å². The van der Waals surface area contributed by atoms with Crippen molar-refractivity contribution in [1.29, 1.82) is 0 Å². The number of rotatable bonds is 3. The predicted octanol–water partition coefficient (Wildman–Crippen LogP) is 2.89. The average molecular weight is 209 g/mol. The highest BCUT2D eigenvalue weighted by molar-refractivity contribution is 5.81. The molecule has 0 saturated heterocycles. The zero-order valence-electron chi connectivity index (χ0n) is 10.2. The Balaban J connectivity index is 2.35. The van der Waals surface area contributed by atoms with Gasteiger partial charge in [0, 0.05) is 6.04 Å². The summed E-state index contributed by atoms with van der Waals surface area (Å²) in [5.41, 5.74) is 0.941. The molecule has 0 heterocycles. The molecule has 15 heavy (non-hydrogen) atoms. The molecule has 1 aliphatic carbocycles. The summed E-state index contributed by atoms with van der Waals surface area (Å²) in [7, 11) is 0. The molecule has 1 atom stereocenters. The minimum absolute atomic E-state index is 0.0515. The SMILES string of the molecule is C=C(C)C(C)C(=O)NC1CCC(C)CC1. The van der Waals surface area contributed by atoms with E-state index in [1.807, 2.05) is 13.8 Å². The van der Waals surface area contributed by atoms with Crippen molar-refractivity contribution < 1.29 is 4.79 Å². The van der Waals surface area contributed by atoms with Gasteiger partial charge in [0.05, 0.1) is 5.92 Å².